The molecule has 1 aliphatic heterocycles. The smallest absolute Gasteiger partial charge is 0.126 e. The van der Waals surface area contributed by atoms with Crippen LogP contribution in [0, 0.1) is 6.92 Å². The second-order valence-corrected chi connectivity index (χ2v) is 4.91. The molecule has 0 bridgehead atoms. The summed E-state index contributed by atoms with van der Waals surface area (Å²) in [6.45, 7) is 6.55. The van der Waals surface area contributed by atoms with E-state index in [1.807, 2.05) is 31.6 Å². The number of nitrogens with zero attached hydrogens (tertiary/aromatic N) is 2. The van der Waals surface area contributed by atoms with Gasteiger partial charge in [-0.1, -0.05) is 0 Å². The third kappa shape index (κ3) is 2.43. The summed E-state index contributed by atoms with van der Waals surface area (Å²) >= 11 is 0. The number of nitrogens with one attached hydrogen (secondary N) is 1. The van der Waals surface area contributed by atoms with Crippen LogP contribution in [0.3, 0.4) is 0 Å². The molecular weight excluding hydrogens is 242 g/mol. The van der Waals surface area contributed by atoms with Crippen molar-refractivity contribution >= 4 is 0 Å². The summed E-state index contributed by atoms with van der Waals surface area (Å²) in [5, 5.41) is 3.34. The maximum atomic E-state index is 5.80. The Morgan fingerprint density at radius 3 is 3.05 bits per heavy atom. The Morgan fingerprint density at radius 1 is 1.47 bits per heavy atom. The predicted octanol–water partition coefficient (Wildman–Crippen LogP) is 2.05. The van der Waals surface area contributed by atoms with Gasteiger partial charge in [-0.2, -0.15) is 0 Å². The quantitative estimate of drug-likeness (QED) is 0.918. The van der Waals surface area contributed by atoms with Crippen LogP contribution < -0.4 is 5.32 Å². The van der Waals surface area contributed by atoms with Crippen LogP contribution in [0.4, 0.5) is 0 Å². The van der Waals surface area contributed by atoms with E-state index in [0.717, 1.165) is 36.9 Å². The molecule has 0 spiro atoms. The topological polar surface area (TPSA) is 52.2 Å². The van der Waals surface area contributed by atoms with E-state index in [2.05, 4.69) is 21.8 Å². The largest absolute Gasteiger partial charge is 0.464 e. The lowest BCUT2D eigenvalue weighted by atomic mass is 10.2. The maximum absolute atomic E-state index is 5.80. The standard InChI is InChI=1S/C14H19N3O2/c1-10-3-4-13(19-10)11(2)17-9-16-7-12(17)14-8-15-5-6-18-14/h3-4,7,9,11,14-15H,5-6,8H2,1-2H3. The Morgan fingerprint density at radius 2 is 2.37 bits per heavy atom. The third-order valence-electron chi connectivity index (χ3n) is 3.54. The zero-order chi connectivity index (χ0) is 13.2. The van der Waals surface area contributed by atoms with Crippen LogP contribution in [0.1, 0.15) is 36.3 Å². The molecule has 0 radical (unpaired) electrons. The molecule has 19 heavy (non-hydrogen) atoms. The monoisotopic (exact) mass is 261 g/mol. The molecule has 0 amide bonds. The van der Waals surface area contributed by atoms with Gasteiger partial charge in [0.05, 0.1) is 30.9 Å². The summed E-state index contributed by atoms with van der Waals surface area (Å²) in [4.78, 5) is 4.26. The first-order valence-corrected chi connectivity index (χ1v) is 6.66. The molecule has 0 aromatic carbocycles. The Hall–Kier alpha value is -1.59. The van der Waals surface area contributed by atoms with Crippen LogP contribution in [-0.4, -0.2) is 29.2 Å². The summed E-state index contributed by atoms with van der Waals surface area (Å²) in [6, 6.07) is 4.13. The molecule has 2 unspecified atom stereocenters. The first kappa shape index (κ1) is 12.4. The third-order valence-corrected chi connectivity index (χ3v) is 3.54. The van der Waals surface area contributed by atoms with E-state index in [9.17, 15) is 0 Å². The zero-order valence-corrected chi connectivity index (χ0v) is 11.3. The molecule has 2 aromatic heterocycles. The van der Waals surface area contributed by atoms with Crippen molar-refractivity contribution in [3.8, 4) is 0 Å². The zero-order valence-electron chi connectivity index (χ0n) is 11.3. The summed E-state index contributed by atoms with van der Waals surface area (Å²) in [7, 11) is 0. The molecule has 1 saturated heterocycles. The molecule has 3 rings (SSSR count). The highest BCUT2D eigenvalue weighted by Crippen LogP contribution is 2.26. The highest BCUT2D eigenvalue weighted by molar-refractivity contribution is 5.14. The second-order valence-electron chi connectivity index (χ2n) is 4.91. The molecular formula is C14H19N3O2. The van der Waals surface area contributed by atoms with Crippen molar-refractivity contribution in [2.75, 3.05) is 19.7 Å². The van der Waals surface area contributed by atoms with Gasteiger partial charge < -0.3 is 19.0 Å². The SMILES string of the molecule is Cc1ccc(C(C)n2cncc2C2CNCCO2)o1. The highest BCUT2D eigenvalue weighted by Gasteiger charge is 2.23. The van der Waals surface area contributed by atoms with E-state index >= 15 is 0 Å². The van der Waals surface area contributed by atoms with E-state index in [1.54, 1.807) is 0 Å². The Bertz CT molecular complexity index is 540. The number of morpholine rings is 1. The molecule has 5 heteroatoms. The minimum Gasteiger partial charge on any atom is -0.464 e. The van der Waals surface area contributed by atoms with Gasteiger partial charge >= 0.3 is 0 Å². The van der Waals surface area contributed by atoms with Gasteiger partial charge in [0.1, 0.15) is 17.6 Å². The Labute approximate surface area is 112 Å². The van der Waals surface area contributed by atoms with Crippen molar-refractivity contribution in [1.29, 1.82) is 0 Å². The van der Waals surface area contributed by atoms with Crippen molar-refractivity contribution < 1.29 is 9.15 Å². The number of aryl methyl sites for hydroxylation is 1. The Kier molecular flexibility index (Phi) is 3.40. The van der Waals surface area contributed by atoms with Gasteiger partial charge in [0.15, 0.2) is 0 Å². The molecule has 5 nitrogen and oxygen atoms in total. The van der Waals surface area contributed by atoms with Crippen molar-refractivity contribution in [3.05, 3.63) is 41.9 Å². The van der Waals surface area contributed by atoms with E-state index < -0.39 is 0 Å². The molecule has 2 aromatic rings. The number of furan rings is 1. The summed E-state index contributed by atoms with van der Waals surface area (Å²) in [5.41, 5.74) is 1.09. The van der Waals surface area contributed by atoms with Crippen molar-refractivity contribution in [2.24, 2.45) is 0 Å². The van der Waals surface area contributed by atoms with Crippen LogP contribution in [0.25, 0.3) is 0 Å². The first-order valence-electron chi connectivity index (χ1n) is 6.66. The normalized spacial score (nSPS) is 21.5. The van der Waals surface area contributed by atoms with Gasteiger partial charge in [0.25, 0.3) is 0 Å². The predicted molar refractivity (Wildman–Crippen MR) is 71.0 cm³/mol. The number of hydrogen-bond donors (Lipinski definition) is 1. The van der Waals surface area contributed by atoms with Crippen molar-refractivity contribution in [1.82, 2.24) is 14.9 Å². The lowest BCUT2D eigenvalue weighted by Gasteiger charge is -2.26. The number of imidazole rings is 1. The molecule has 1 fully saturated rings. The molecule has 2 atom stereocenters. The lowest BCUT2D eigenvalue weighted by Crippen LogP contribution is -2.34. The van der Waals surface area contributed by atoms with Crippen LogP contribution in [0.15, 0.2) is 29.1 Å². The van der Waals surface area contributed by atoms with Crippen LogP contribution in [-0.2, 0) is 4.74 Å². The number of ether oxygens (including phenoxy) is 1. The van der Waals surface area contributed by atoms with Crippen LogP contribution in [0.2, 0.25) is 0 Å². The number of rotatable bonds is 3. The first-order chi connectivity index (χ1) is 9.25. The van der Waals surface area contributed by atoms with Gasteiger partial charge in [-0.05, 0) is 26.0 Å². The number of aromatic nitrogens is 2. The van der Waals surface area contributed by atoms with Crippen molar-refractivity contribution in [3.63, 3.8) is 0 Å². The highest BCUT2D eigenvalue weighted by atomic mass is 16.5. The van der Waals surface area contributed by atoms with E-state index in [1.165, 1.54) is 0 Å². The average molecular weight is 261 g/mol. The fourth-order valence-electron chi connectivity index (χ4n) is 2.46. The molecule has 3 heterocycles. The van der Waals surface area contributed by atoms with Crippen LogP contribution >= 0.6 is 0 Å². The van der Waals surface area contributed by atoms with Gasteiger partial charge in [-0.15, -0.1) is 0 Å². The van der Waals surface area contributed by atoms with Gasteiger partial charge in [-0.25, -0.2) is 4.98 Å². The lowest BCUT2D eigenvalue weighted by molar-refractivity contribution is 0.0223. The van der Waals surface area contributed by atoms with Crippen molar-refractivity contribution in [2.45, 2.75) is 26.0 Å². The van der Waals surface area contributed by atoms with E-state index in [-0.39, 0.29) is 12.1 Å². The van der Waals surface area contributed by atoms with E-state index in [4.69, 9.17) is 9.15 Å². The molecule has 1 aliphatic rings. The molecule has 0 saturated carbocycles. The minimum atomic E-state index is 0.0646. The maximum Gasteiger partial charge on any atom is 0.126 e. The van der Waals surface area contributed by atoms with Gasteiger partial charge in [0, 0.05) is 13.1 Å². The summed E-state index contributed by atoms with van der Waals surface area (Å²) in [5.74, 6) is 1.87. The molecule has 0 aliphatic carbocycles. The molecule has 1 N–H and O–H groups in total. The summed E-state index contributed by atoms with van der Waals surface area (Å²) < 4.78 is 13.6. The molecule has 102 valence electrons. The summed E-state index contributed by atoms with van der Waals surface area (Å²) in [6.07, 6.45) is 3.79. The van der Waals surface area contributed by atoms with Crippen LogP contribution in [0.5, 0.6) is 0 Å². The minimum absolute atomic E-state index is 0.0646. The van der Waals surface area contributed by atoms with Gasteiger partial charge in [-0.3, -0.25) is 0 Å². The number of hydrogen-bond acceptors (Lipinski definition) is 4. The van der Waals surface area contributed by atoms with Gasteiger partial charge in [0.2, 0.25) is 0 Å². The Balaban J connectivity index is 1.86. The fraction of sp³-hybridized carbons (Fsp3) is 0.500. The average Bonchev–Trinajstić information content (AvgIpc) is 3.07. The van der Waals surface area contributed by atoms with E-state index in [0.29, 0.717) is 0 Å². The fourth-order valence-corrected chi connectivity index (χ4v) is 2.46. The second kappa shape index (κ2) is 5.19.